The lowest BCUT2D eigenvalue weighted by molar-refractivity contribution is -0.131. The molecule has 0 spiro atoms. The van der Waals surface area contributed by atoms with E-state index >= 15 is 0 Å². The molecule has 0 fully saturated rings. The number of aromatic hydroxyl groups is 1. The van der Waals surface area contributed by atoms with Gasteiger partial charge in [-0.05, 0) is 36.4 Å². The Morgan fingerprint density at radius 1 is 1.10 bits per heavy atom. The molecule has 0 atom stereocenters. The summed E-state index contributed by atoms with van der Waals surface area (Å²) in [6.45, 7) is 0. The highest BCUT2D eigenvalue weighted by Crippen LogP contribution is 2.27. The summed E-state index contributed by atoms with van der Waals surface area (Å²) >= 11 is 0. The Labute approximate surface area is 113 Å². The van der Waals surface area contributed by atoms with Gasteiger partial charge < -0.3 is 19.7 Å². The summed E-state index contributed by atoms with van der Waals surface area (Å²) in [6.07, 6.45) is 2.21. The molecule has 0 aliphatic carbocycles. The fourth-order valence-electron chi connectivity index (χ4n) is 1.61. The Morgan fingerprint density at radius 3 is 2.50 bits per heavy atom. The third-order valence-corrected chi connectivity index (χ3v) is 2.53. The van der Waals surface area contributed by atoms with Gasteiger partial charge in [-0.25, -0.2) is 9.59 Å². The van der Waals surface area contributed by atoms with E-state index in [1.165, 1.54) is 24.3 Å². The molecule has 0 saturated heterocycles. The molecule has 2 rings (SSSR count). The lowest BCUT2D eigenvalue weighted by Crippen LogP contribution is -1.96. The molecule has 0 aliphatic rings. The lowest BCUT2D eigenvalue weighted by atomic mass is 10.1. The Morgan fingerprint density at radius 2 is 1.85 bits per heavy atom. The number of hydrogen-bond donors (Lipinski definition) is 3. The van der Waals surface area contributed by atoms with Crippen molar-refractivity contribution in [3.8, 4) is 17.1 Å². The van der Waals surface area contributed by atoms with Gasteiger partial charge >= 0.3 is 11.9 Å². The van der Waals surface area contributed by atoms with Gasteiger partial charge in [0.2, 0.25) is 0 Å². The van der Waals surface area contributed by atoms with Crippen molar-refractivity contribution in [2.75, 3.05) is 0 Å². The molecule has 1 heterocycles. The average Bonchev–Trinajstić information content (AvgIpc) is 2.85. The molecule has 1 aromatic carbocycles. The summed E-state index contributed by atoms with van der Waals surface area (Å²) in [4.78, 5) is 21.3. The molecule has 20 heavy (non-hydrogen) atoms. The Hall–Kier alpha value is -3.02. The summed E-state index contributed by atoms with van der Waals surface area (Å²) < 4.78 is 5.37. The third-order valence-electron chi connectivity index (χ3n) is 2.53. The van der Waals surface area contributed by atoms with Crippen LogP contribution in [0.4, 0.5) is 0 Å². The van der Waals surface area contributed by atoms with Gasteiger partial charge in [0.1, 0.15) is 22.8 Å². The maximum absolute atomic E-state index is 10.9. The number of aliphatic carboxylic acids is 1. The number of rotatable bonds is 4. The summed E-state index contributed by atoms with van der Waals surface area (Å²) in [5.41, 5.74) is 0.233. The molecule has 0 bridgehead atoms. The van der Waals surface area contributed by atoms with E-state index in [0.29, 0.717) is 17.1 Å². The quantitative estimate of drug-likeness (QED) is 0.739. The number of phenols is 1. The molecule has 6 nitrogen and oxygen atoms in total. The Bertz CT molecular complexity index is 695. The van der Waals surface area contributed by atoms with Crippen LogP contribution in [0, 0.1) is 0 Å². The summed E-state index contributed by atoms with van der Waals surface area (Å²) in [6, 6.07) is 7.18. The Kier molecular flexibility index (Phi) is 3.56. The first-order valence-electron chi connectivity index (χ1n) is 5.55. The first-order chi connectivity index (χ1) is 9.47. The summed E-state index contributed by atoms with van der Waals surface area (Å²) in [5.74, 6) is -1.98. The zero-order chi connectivity index (χ0) is 14.7. The van der Waals surface area contributed by atoms with Crippen molar-refractivity contribution < 1.29 is 29.3 Å². The number of furan rings is 1. The molecular weight excluding hydrogens is 264 g/mol. The largest absolute Gasteiger partial charge is 0.507 e. The van der Waals surface area contributed by atoms with Crippen LogP contribution in [0.25, 0.3) is 17.4 Å². The van der Waals surface area contributed by atoms with E-state index in [1.807, 2.05) is 0 Å². The molecule has 0 aliphatic heterocycles. The minimum absolute atomic E-state index is 0.235. The molecule has 1 aromatic heterocycles. The number of carboxylic acid groups (broad SMARTS) is 2. The van der Waals surface area contributed by atoms with Gasteiger partial charge in [-0.2, -0.15) is 0 Å². The van der Waals surface area contributed by atoms with Crippen molar-refractivity contribution >= 4 is 18.0 Å². The molecule has 0 saturated carbocycles. The number of benzene rings is 1. The molecule has 0 unspecified atom stereocenters. The molecule has 2 aromatic rings. The van der Waals surface area contributed by atoms with Gasteiger partial charge in [0.25, 0.3) is 0 Å². The van der Waals surface area contributed by atoms with Crippen molar-refractivity contribution in [2.24, 2.45) is 0 Å². The fraction of sp³-hybridized carbons (Fsp3) is 0. The number of carboxylic acids is 2. The van der Waals surface area contributed by atoms with Gasteiger partial charge in [0.15, 0.2) is 0 Å². The van der Waals surface area contributed by atoms with Gasteiger partial charge in [-0.1, -0.05) is 0 Å². The predicted octanol–water partition coefficient (Wildman–Crippen LogP) is 2.45. The van der Waals surface area contributed by atoms with Crippen LogP contribution in [-0.4, -0.2) is 27.3 Å². The fourth-order valence-corrected chi connectivity index (χ4v) is 1.61. The molecule has 102 valence electrons. The predicted molar refractivity (Wildman–Crippen MR) is 69.4 cm³/mol. The van der Waals surface area contributed by atoms with Crippen LogP contribution in [-0.2, 0) is 4.79 Å². The van der Waals surface area contributed by atoms with Crippen LogP contribution in [0.15, 0.2) is 40.8 Å². The first kappa shape index (κ1) is 13.4. The minimum Gasteiger partial charge on any atom is -0.507 e. The normalized spacial score (nSPS) is 10.8. The average molecular weight is 274 g/mol. The van der Waals surface area contributed by atoms with Crippen molar-refractivity contribution in [2.45, 2.75) is 0 Å². The van der Waals surface area contributed by atoms with E-state index in [2.05, 4.69) is 0 Å². The van der Waals surface area contributed by atoms with Crippen LogP contribution in [0.3, 0.4) is 0 Å². The summed E-state index contributed by atoms with van der Waals surface area (Å²) in [5, 5.41) is 26.8. The van der Waals surface area contributed by atoms with Crippen molar-refractivity contribution in [3.05, 3.63) is 47.7 Å². The van der Waals surface area contributed by atoms with Gasteiger partial charge in [-0.15, -0.1) is 0 Å². The maximum Gasteiger partial charge on any atom is 0.339 e. The summed E-state index contributed by atoms with van der Waals surface area (Å²) in [7, 11) is 0. The van der Waals surface area contributed by atoms with Crippen molar-refractivity contribution in [1.29, 1.82) is 0 Å². The second kappa shape index (κ2) is 5.31. The second-order valence-electron chi connectivity index (χ2n) is 3.91. The van der Waals surface area contributed by atoms with Crippen molar-refractivity contribution in [3.63, 3.8) is 0 Å². The maximum atomic E-state index is 10.9. The number of hydrogen-bond acceptors (Lipinski definition) is 4. The SMILES string of the molecule is O=C(O)/C=C/c1ccc(-c2ccc(O)c(C(=O)O)c2)o1. The zero-order valence-corrected chi connectivity index (χ0v) is 10.1. The van der Waals surface area contributed by atoms with Gasteiger partial charge in [-0.3, -0.25) is 0 Å². The van der Waals surface area contributed by atoms with E-state index in [9.17, 15) is 14.7 Å². The lowest BCUT2D eigenvalue weighted by Gasteiger charge is -2.02. The van der Waals surface area contributed by atoms with E-state index in [1.54, 1.807) is 12.1 Å². The monoisotopic (exact) mass is 274 g/mol. The highest BCUT2D eigenvalue weighted by molar-refractivity contribution is 5.92. The highest BCUT2D eigenvalue weighted by Gasteiger charge is 2.12. The third kappa shape index (κ3) is 2.86. The van der Waals surface area contributed by atoms with Crippen LogP contribution in [0.2, 0.25) is 0 Å². The Balaban J connectivity index is 2.35. The van der Waals surface area contributed by atoms with Crippen LogP contribution >= 0.6 is 0 Å². The molecule has 0 amide bonds. The smallest absolute Gasteiger partial charge is 0.339 e. The van der Waals surface area contributed by atoms with E-state index < -0.39 is 11.9 Å². The zero-order valence-electron chi connectivity index (χ0n) is 10.1. The second-order valence-corrected chi connectivity index (χ2v) is 3.91. The van der Waals surface area contributed by atoms with E-state index in [0.717, 1.165) is 6.08 Å². The topological polar surface area (TPSA) is 108 Å². The standard InChI is InChI=1S/C14H10O6/c15-11-4-1-8(7-10(11)14(18)19)12-5-2-9(20-12)3-6-13(16)17/h1-7,15H,(H,16,17)(H,18,19)/b6-3+. The number of carbonyl (C=O) groups is 2. The van der Waals surface area contributed by atoms with Crippen LogP contribution in [0.5, 0.6) is 5.75 Å². The highest BCUT2D eigenvalue weighted by atomic mass is 16.4. The van der Waals surface area contributed by atoms with Crippen LogP contribution < -0.4 is 0 Å². The van der Waals surface area contributed by atoms with E-state index in [-0.39, 0.29) is 11.3 Å². The molecule has 6 heteroatoms. The van der Waals surface area contributed by atoms with Crippen LogP contribution in [0.1, 0.15) is 16.1 Å². The molecule has 0 radical (unpaired) electrons. The minimum atomic E-state index is -1.25. The van der Waals surface area contributed by atoms with Gasteiger partial charge in [0, 0.05) is 11.6 Å². The van der Waals surface area contributed by atoms with Crippen molar-refractivity contribution in [1.82, 2.24) is 0 Å². The van der Waals surface area contributed by atoms with Gasteiger partial charge in [0.05, 0.1) is 0 Å². The molecular formula is C14H10O6. The number of aromatic carboxylic acids is 1. The molecule has 3 N–H and O–H groups in total. The van der Waals surface area contributed by atoms with E-state index in [4.69, 9.17) is 14.6 Å². The first-order valence-corrected chi connectivity index (χ1v) is 5.55.